The molecule has 2 unspecified atom stereocenters. The Labute approximate surface area is 72.4 Å². The van der Waals surface area contributed by atoms with Gasteiger partial charge in [0.2, 0.25) is 0 Å². The molecule has 4 N–H and O–H groups in total. The van der Waals surface area contributed by atoms with E-state index in [0.29, 0.717) is 12.8 Å². The average molecular weight is 175 g/mol. The lowest BCUT2D eigenvalue weighted by molar-refractivity contribution is -0.143. The molecule has 0 aliphatic heterocycles. The van der Waals surface area contributed by atoms with E-state index < -0.39 is 11.5 Å². The monoisotopic (exact) mass is 175 g/mol. The molecule has 4 nitrogen and oxygen atoms in total. The summed E-state index contributed by atoms with van der Waals surface area (Å²) in [5.41, 5.74) is 4.32. The molecular formula is C8H17NO3. The van der Waals surface area contributed by atoms with Crippen LogP contribution in [-0.2, 0) is 4.79 Å². The van der Waals surface area contributed by atoms with Crippen LogP contribution in [0.25, 0.3) is 0 Å². The Balaban J connectivity index is 3.83. The minimum atomic E-state index is -1.16. The predicted octanol–water partition coefficient (Wildman–Crippen LogP) is 0.197. The maximum atomic E-state index is 10.5. The Hall–Kier alpha value is -0.610. The van der Waals surface area contributed by atoms with Gasteiger partial charge in [-0.1, -0.05) is 6.92 Å². The third-order valence-corrected chi connectivity index (χ3v) is 1.96. The quantitative estimate of drug-likeness (QED) is 0.557. The highest BCUT2D eigenvalue weighted by Crippen LogP contribution is 2.13. The first-order chi connectivity index (χ1) is 5.40. The summed E-state index contributed by atoms with van der Waals surface area (Å²) in [5.74, 6) is -0.875. The van der Waals surface area contributed by atoms with Crippen LogP contribution in [0.2, 0.25) is 0 Å². The number of carbonyl (C=O) groups is 1. The van der Waals surface area contributed by atoms with Gasteiger partial charge in [0.25, 0.3) is 0 Å². The molecule has 0 aliphatic carbocycles. The third-order valence-electron chi connectivity index (χ3n) is 1.96. The van der Waals surface area contributed by atoms with E-state index in [1.807, 2.05) is 6.92 Å². The highest BCUT2D eigenvalue weighted by atomic mass is 16.4. The molecule has 0 radical (unpaired) electrons. The number of carboxylic acids is 1. The standard InChI is InChI=1S/C8H17NO3/c1-6(5-10)3-4-8(2,9)7(11)12/h6,10H,3-5,9H2,1-2H3,(H,11,12). The van der Waals surface area contributed by atoms with E-state index in [0.717, 1.165) is 0 Å². The van der Waals surface area contributed by atoms with Gasteiger partial charge >= 0.3 is 5.97 Å². The molecule has 0 fully saturated rings. The lowest BCUT2D eigenvalue weighted by atomic mass is 9.93. The SMILES string of the molecule is CC(CO)CCC(C)(N)C(=O)O. The van der Waals surface area contributed by atoms with Crippen molar-refractivity contribution in [1.82, 2.24) is 0 Å². The third kappa shape index (κ3) is 3.69. The molecule has 0 amide bonds. The van der Waals surface area contributed by atoms with E-state index in [9.17, 15) is 4.79 Å². The Morgan fingerprint density at radius 2 is 2.17 bits per heavy atom. The van der Waals surface area contributed by atoms with E-state index in [4.69, 9.17) is 15.9 Å². The number of hydrogen-bond acceptors (Lipinski definition) is 3. The van der Waals surface area contributed by atoms with Crippen molar-refractivity contribution in [2.75, 3.05) is 6.61 Å². The van der Waals surface area contributed by atoms with Crippen LogP contribution < -0.4 is 5.73 Å². The highest BCUT2D eigenvalue weighted by Gasteiger charge is 2.27. The molecule has 72 valence electrons. The molecule has 0 aromatic rings. The molecule has 0 heterocycles. The number of aliphatic carboxylic acids is 1. The molecule has 2 atom stereocenters. The topological polar surface area (TPSA) is 83.5 Å². The summed E-state index contributed by atoms with van der Waals surface area (Å²) in [6.45, 7) is 3.42. The fraction of sp³-hybridized carbons (Fsp3) is 0.875. The molecule has 0 aliphatic rings. The number of aliphatic hydroxyl groups is 1. The lowest BCUT2D eigenvalue weighted by Gasteiger charge is -2.20. The summed E-state index contributed by atoms with van der Waals surface area (Å²) in [6, 6.07) is 0. The number of rotatable bonds is 5. The maximum absolute atomic E-state index is 10.5. The molecule has 0 aromatic heterocycles. The van der Waals surface area contributed by atoms with Crippen molar-refractivity contribution in [3.05, 3.63) is 0 Å². The highest BCUT2D eigenvalue weighted by molar-refractivity contribution is 5.77. The van der Waals surface area contributed by atoms with Gasteiger partial charge in [0, 0.05) is 6.61 Å². The van der Waals surface area contributed by atoms with Gasteiger partial charge in [0.1, 0.15) is 5.54 Å². The Kier molecular flexibility index (Phi) is 4.20. The summed E-state index contributed by atoms with van der Waals surface area (Å²) in [6.07, 6.45) is 1.03. The van der Waals surface area contributed by atoms with Gasteiger partial charge in [-0.25, -0.2) is 0 Å². The molecular weight excluding hydrogens is 158 g/mol. The normalized spacial score (nSPS) is 18.3. The fourth-order valence-corrected chi connectivity index (χ4v) is 0.744. The average Bonchev–Trinajstić information content (AvgIpc) is 2.00. The van der Waals surface area contributed by atoms with E-state index in [1.165, 1.54) is 6.92 Å². The van der Waals surface area contributed by atoms with Gasteiger partial charge < -0.3 is 15.9 Å². The zero-order valence-electron chi connectivity index (χ0n) is 7.58. The van der Waals surface area contributed by atoms with Crippen molar-refractivity contribution in [1.29, 1.82) is 0 Å². The number of hydrogen-bond donors (Lipinski definition) is 3. The van der Waals surface area contributed by atoms with E-state index >= 15 is 0 Å². The molecule has 0 aromatic carbocycles. The van der Waals surface area contributed by atoms with Crippen LogP contribution in [0.3, 0.4) is 0 Å². The Morgan fingerprint density at radius 3 is 2.50 bits per heavy atom. The second kappa shape index (κ2) is 4.42. The van der Waals surface area contributed by atoms with Crippen LogP contribution in [0.4, 0.5) is 0 Å². The minimum absolute atomic E-state index is 0.0791. The molecule has 0 spiro atoms. The molecule has 12 heavy (non-hydrogen) atoms. The molecule has 0 saturated heterocycles. The summed E-state index contributed by atoms with van der Waals surface area (Å²) >= 11 is 0. The number of nitrogens with two attached hydrogens (primary N) is 1. The van der Waals surface area contributed by atoms with Gasteiger partial charge in [-0.05, 0) is 25.7 Å². The van der Waals surface area contributed by atoms with Crippen molar-refractivity contribution in [2.45, 2.75) is 32.2 Å². The molecule has 0 rings (SSSR count). The van der Waals surface area contributed by atoms with Crippen LogP contribution >= 0.6 is 0 Å². The fourth-order valence-electron chi connectivity index (χ4n) is 0.744. The zero-order valence-corrected chi connectivity index (χ0v) is 7.58. The minimum Gasteiger partial charge on any atom is -0.480 e. The van der Waals surface area contributed by atoms with E-state index in [2.05, 4.69) is 0 Å². The first-order valence-electron chi connectivity index (χ1n) is 4.03. The largest absolute Gasteiger partial charge is 0.480 e. The first-order valence-corrected chi connectivity index (χ1v) is 4.03. The van der Waals surface area contributed by atoms with Gasteiger partial charge in [0.15, 0.2) is 0 Å². The summed E-state index contributed by atoms with van der Waals surface area (Å²) < 4.78 is 0. The Morgan fingerprint density at radius 1 is 1.67 bits per heavy atom. The maximum Gasteiger partial charge on any atom is 0.323 e. The number of aliphatic hydroxyl groups excluding tert-OH is 1. The van der Waals surface area contributed by atoms with Gasteiger partial charge in [-0.15, -0.1) is 0 Å². The van der Waals surface area contributed by atoms with Crippen LogP contribution in [0.1, 0.15) is 26.7 Å². The second-order valence-electron chi connectivity index (χ2n) is 3.55. The molecule has 0 saturated carbocycles. The lowest BCUT2D eigenvalue weighted by Crippen LogP contribution is -2.45. The van der Waals surface area contributed by atoms with Crippen molar-refractivity contribution in [2.24, 2.45) is 11.7 Å². The summed E-state index contributed by atoms with van der Waals surface area (Å²) in [7, 11) is 0. The van der Waals surface area contributed by atoms with Crippen molar-refractivity contribution >= 4 is 5.97 Å². The zero-order chi connectivity index (χ0) is 9.78. The van der Waals surface area contributed by atoms with Crippen LogP contribution in [0, 0.1) is 5.92 Å². The van der Waals surface area contributed by atoms with Crippen molar-refractivity contribution < 1.29 is 15.0 Å². The van der Waals surface area contributed by atoms with Crippen LogP contribution in [-0.4, -0.2) is 28.3 Å². The molecule has 4 heteroatoms. The number of carboxylic acid groups (broad SMARTS) is 1. The van der Waals surface area contributed by atoms with E-state index in [1.54, 1.807) is 0 Å². The first kappa shape index (κ1) is 11.4. The second-order valence-corrected chi connectivity index (χ2v) is 3.55. The predicted molar refractivity (Wildman–Crippen MR) is 45.7 cm³/mol. The van der Waals surface area contributed by atoms with Gasteiger partial charge in [0.05, 0.1) is 0 Å². The van der Waals surface area contributed by atoms with Crippen LogP contribution in [0.15, 0.2) is 0 Å². The Bertz CT molecular complexity index is 156. The van der Waals surface area contributed by atoms with Crippen LogP contribution in [0.5, 0.6) is 0 Å². The van der Waals surface area contributed by atoms with E-state index in [-0.39, 0.29) is 12.5 Å². The van der Waals surface area contributed by atoms with Gasteiger partial charge in [-0.2, -0.15) is 0 Å². The summed E-state index contributed by atoms with van der Waals surface area (Å²) in [5, 5.41) is 17.3. The molecule has 0 bridgehead atoms. The van der Waals surface area contributed by atoms with Gasteiger partial charge in [-0.3, -0.25) is 4.79 Å². The smallest absolute Gasteiger partial charge is 0.323 e. The summed E-state index contributed by atoms with van der Waals surface area (Å²) in [4.78, 5) is 10.5. The van der Waals surface area contributed by atoms with Crippen molar-refractivity contribution in [3.8, 4) is 0 Å². The van der Waals surface area contributed by atoms with Crippen molar-refractivity contribution in [3.63, 3.8) is 0 Å².